The number of carbonyl (C=O) groups is 2. The molecule has 3 aromatic rings. The zero-order chi connectivity index (χ0) is 20.8. The van der Waals surface area contributed by atoms with Gasteiger partial charge in [0.1, 0.15) is 5.75 Å². The Hall–Kier alpha value is -3.60. The fraction of sp³-hybridized carbons (Fsp3) is 0.167. The Kier molecular flexibility index (Phi) is 6.29. The third kappa shape index (κ3) is 4.63. The second kappa shape index (κ2) is 9.06. The zero-order valence-corrected chi connectivity index (χ0v) is 16.7. The van der Waals surface area contributed by atoms with E-state index in [0.29, 0.717) is 22.6 Å². The van der Waals surface area contributed by atoms with Gasteiger partial charge in [-0.3, -0.25) is 9.59 Å². The van der Waals surface area contributed by atoms with E-state index in [9.17, 15) is 9.59 Å². The highest BCUT2D eigenvalue weighted by Gasteiger charge is 2.17. The van der Waals surface area contributed by atoms with Crippen molar-refractivity contribution in [2.75, 3.05) is 17.7 Å². The molecule has 5 nitrogen and oxygen atoms in total. The third-order valence-electron chi connectivity index (χ3n) is 4.60. The van der Waals surface area contributed by atoms with Gasteiger partial charge in [-0.05, 0) is 41.8 Å². The van der Waals surface area contributed by atoms with Gasteiger partial charge in [-0.15, -0.1) is 0 Å². The molecule has 0 bridgehead atoms. The Morgan fingerprint density at radius 2 is 1.24 bits per heavy atom. The predicted molar refractivity (Wildman–Crippen MR) is 116 cm³/mol. The largest absolute Gasteiger partial charge is 0.496 e. The molecule has 0 unspecified atom stereocenters. The lowest BCUT2D eigenvalue weighted by Crippen LogP contribution is -2.19. The average Bonchev–Trinajstić information content (AvgIpc) is 2.74. The fourth-order valence-corrected chi connectivity index (χ4v) is 3.12. The van der Waals surface area contributed by atoms with Crippen molar-refractivity contribution in [3.8, 4) is 5.75 Å². The summed E-state index contributed by atoms with van der Waals surface area (Å²) in [5.41, 5.74) is 3.03. The number of hydrogen-bond acceptors (Lipinski definition) is 3. The molecular formula is C24H24N2O3. The number of nitrogens with one attached hydrogen (secondary N) is 2. The topological polar surface area (TPSA) is 67.4 Å². The first kappa shape index (κ1) is 20.1. The molecule has 3 rings (SSSR count). The Morgan fingerprint density at radius 3 is 1.93 bits per heavy atom. The molecule has 0 spiro atoms. The lowest BCUT2D eigenvalue weighted by atomic mass is 10.0. The van der Waals surface area contributed by atoms with Gasteiger partial charge in [-0.2, -0.15) is 0 Å². The number of carbonyl (C=O) groups excluding carboxylic acids is 2. The molecule has 0 aliphatic carbocycles. The first-order chi connectivity index (χ1) is 14.0. The molecule has 0 aliphatic rings. The summed E-state index contributed by atoms with van der Waals surface area (Å²) >= 11 is 0. The van der Waals surface area contributed by atoms with Crippen LogP contribution in [0.2, 0.25) is 0 Å². The van der Waals surface area contributed by atoms with Crippen LogP contribution in [0, 0.1) is 0 Å². The number of anilines is 2. The molecule has 29 heavy (non-hydrogen) atoms. The molecule has 148 valence electrons. The van der Waals surface area contributed by atoms with Gasteiger partial charge in [0.25, 0.3) is 11.8 Å². The number of amides is 2. The van der Waals surface area contributed by atoms with Gasteiger partial charge in [0.15, 0.2) is 0 Å². The molecule has 0 saturated heterocycles. The number of para-hydroxylation sites is 3. The highest BCUT2D eigenvalue weighted by molar-refractivity contribution is 6.13. The van der Waals surface area contributed by atoms with E-state index in [4.69, 9.17) is 4.74 Å². The molecule has 5 heteroatoms. The highest BCUT2D eigenvalue weighted by atomic mass is 16.5. The van der Waals surface area contributed by atoms with Crippen LogP contribution in [0.1, 0.15) is 46.0 Å². The van der Waals surface area contributed by atoms with Crippen LogP contribution in [0.4, 0.5) is 11.4 Å². The summed E-state index contributed by atoms with van der Waals surface area (Å²) in [6.45, 7) is 4.15. The zero-order valence-electron chi connectivity index (χ0n) is 16.7. The van der Waals surface area contributed by atoms with E-state index in [-0.39, 0.29) is 17.7 Å². The van der Waals surface area contributed by atoms with E-state index in [2.05, 4.69) is 24.5 Å². The van der Waals surface area contributed by atoms with Crippen LogP contribution in [0.15, 0.2) is 72.8 Å². The van der Waals surface area contributed by atoms with Crippen LogP contribution in [-0.2, 0) is 0 Å². The molecule has 0 atom stereocenters. The molecule has 0 fully saturated rings. The summed E-state index contributed by atoms with van der Waals surface area (Å²) in [6.07, 6.45) is 0. The molecule has 3 aromatic carbocycles. The highest BCUT2D eigenvalue weighted by Crippen LogP contribution is 2.26. The summed E-state index contributed by atoms with van der Waals surface area (Å²) in [7, 11) is 1.51. The van der Waals surface area contributed by atoms with Gasteiger partial charge in [0, 0.05) is 5.69 Å². The second-order valence-corrected chi connectivity index (χ2v) is 6.90. The third-order valence-corrected chi connectivity index (χ3v) is 4.60. The minimum atomic E-state index is -0.342. The van der Waals surface area contributed by atoms with Crippen LogP contribution in [0.25, 0.3) is 0 Å². The number of hydrogen-bond donors (Lipinski definition) is 2. The monoisotopic (exact) mass is 388 g/mol. The number of rotatable bonds is 6. The SMILES string of the molecule is COc1ccccc1C(=O)Nc1ccccc1C(=O)Nc1ccccc1C(C)C. The van der Waals surface area contributed by atoms with Crippen molar-refractivity contribution < 1.29 is 14.3 Å². The smallest absolute Gasteiger partial charge is 0.259 e. The van der Waals surface area contributed by atoms with E-state index in [1.807, 2.05) is 24.3 Å². The Morgan fingerprint density at radius 1 is 0.724 bits per heavy atom. The maximum atomic E-state index is 13.0. The first-order valence-electron chi connectivity index (χ1n) is 9.45. The van der Waals surface area contributed by atoms with Crippen LogP contribution in [0.5, 0.6) is 5.75 Å². The Balaban J connectivity index is 1.86. The van der Waals surface area contributed by atoms with Crippen LogP contribution < -0.4 is 15.4 Å². The van der Waals surface area contributed by atoms with Crippen molar-refractivity contribution in [1.82, 2.24) is 0 Å². The summed E-state index contributed by atoms with van der Waals surface area (Å²) in [4.78, 5) is 25.7. The van der Waals surface area contributed by atoms with Gasteiger partial charge in [0.2, 0.25) is 0 Å². The Labute approximate surface area is 170 Å². The van der Waals surface area contributed by atoms with E-state index in [0.717, 1.165) is 11.3 Å². The minimum Gasteiger partial charge on any atom is -0.496 e. The van der Waals surface area contributed by atoms with Gasteiger partial charge >= 0.3 is 0 Å². The van der Waals surface area contributed by atoms with Crippen molar-refractivity contribution in [2.24, 2.45) is 0 Å². The molecular weight excluding hydrogens is 364 g/mol. The molecule has 0 aromatic heterocycles. The van der Waals surface area contributed by atoms with Gasteiger partial charge in [-0.25, -0.2) is 0 Å². The number of benzene rings is 3. The van der Waals surface area contributed by atoms with E-state index >= 15 is 0 Å². The van der Waals surface area contributed by atoms with Gasteiger partial charge < -0.3 is 15.4 Å². The molecule has 0 saturated carbocycles. The maximum Gasteiger partial charge on any atom is 0.259 e. The number of methoxy groups -OCH3 is 1. The lowest BCUT2D eigenvalue weighted by molar-refractivity contribution is 0.102. The second-order valence-electron chi connectivity index (χ2n) is 6.90. The number of ether oxygens (including phenoxy) is 1. The molecule has 2 amide bonds. The summed E-state index contributed by atoms with van der Waals surface area (Å²) < 4.78 is 5.26. The van der Waals surface area contributed by atoms with E-state index < -0.39 is 0 Å². The molecule has 0 aliphatic heterocycles. The Bertz CT molecular complexity index is 1030. The van der Waals surface area contributed by atoms with Crippen molar-refractivity contribution in [3.05, 3.63) is 89.5 Å². The quantitative estimate of drug-likeness (QED) is 0.600. The van der Waals surface area contributed by atoms with Crippen molar-refractivity contribution in [2.45, 2.75) is 19.8 Å². The normalized spacial score (nSPS) is 10.5. The molecule has 0 radical (unpaired) electrons. The van der Waals surface area contributed by atoms with E-state index in [1.165, 1.54) is 7.11 Å². The summed E-state index contributed by atoms with van der Waals surface area (Å²) in [5, 5.41) is 5.80. The van der Waals surface area contributed by atoms with Crippen LogP contribution >= 0.6 is 0 Å². The van der Waals surface area contributed by atoms with Crippen molar-refractivity contribution in [3.63, 3.8) is 0 Å². The molecule has 0 heterocycles. The van der Waals surface area contributed by atoms with Crippen LogP contribution in [-0.4, -0.2) is 18.9 Å². The summed E-state index contributed by atoms with van der Waals surface area (Å²) in [6, 6.07) is 21.6. The van der Waals surface area contributed by atoms with Crippen molar-refractivity contribution >= 4 is 23.2 Å². The fourth-order valence-electron chi connectivity index (χ4n) is 3.12. The minimum absolute atomic E-state index is 0.270. The van der Waals surface area contributed by atoms with Gasteiger partial charge in [0.05, 0.1) is 23.9 Å². The average molecular weight is 388 g/mol. The molecule has 2 N–H and O–H groups in total. The lowest BCUT2D eigenvalue weighted by Gasteiger charge is -2.16. The predicted octanol–water partition coefficient (Wildman–Crippen LogP) is 5.32. The standard InChI is InChI=1S/C24H24N2O3/c1-16(2)17-10-4-7-13-20(17)25-23(27)18-11-5-8-14-21(18)26-24(28)19-12-6-9-15-22(19)29-3/h4-16H,1-3H3,(H,25,27)(H,26,28). The summed E-state index contributed by atoms with van der Waals surface area (Å²) in [5.74, 6) is 0.115. The first-order valence-corrected chi connectivity index (χ1v) is 9.45. The van der Waals surface area contributed by atoms with Crippen molar-refractivity contribution in [1.29, 1.82) is 0 Å². The van der Waals surface area contributed by atoms with E-state index in [1.54, 1.807) is 48.5 Å². The maximum absolute atomic E-state index is 13.0. The van der Waals surface area contributed by atoms with Crippen LogP contribution in [0.3, 0.4) is 0 Å². The van der Waals surface area contributed by atoms with Gasteiger partial charge in [-0.1, -0.05) is 56.3 Å².